The number of aromatic amines is 1. The molecular weight excluding hydrogens is 514 g/mol. The average Bonchev–Trinajstić information content (AvgIpc) is 3.00. The summed E-state index contributed by atoms with van der Waals surface area (Å²) in [5, 5.41) is 48.8. The minimum absolute atomic E-state index is 0.602. The molecule has 2 aliphatic heterocycles. The lowest BCUT2D eigenvalue weighted by atomic mass is 10.1. The first-order chi connectivity index (χ1) is 15.7. The second-order valence-electron chi connectivity index (χ2n) is 7.23. The molecule has 0 spiro atoms. The van der Waals surface area contributed by atoms with Gasteiger partial charge < -0.3 is 44.8 Å². The number of nitrogens with one attached hydrogen (secondary N) is 1. The van der Waals surface area contributed by atoms with E-state index in [1.54, 1.807) is 0 Å². The summed E-state index contributed by atoms with van der Waals surface area (Å²) in [4.78, 5) is 44.3. The number of rotatable bonds is 8. The van der Waals surface area contributed by atoms with Crippen LogP contribution in [-0.4, -0.2) is 101 Å². The van der Waals surface area contributed by atoms with E-state index in [1.807, 2.05) is 4.98 Å². The van der Waals surface area contributed by atoms with Gasteiger partial charge in [0, 0.05) is 12.3 Å². The van der Waals surface area contributed by atoms with Gasteiger partial charge >= 0.3 is 21.3 Å². The number of H-pyrrole nitrogens is 1. The fraction of sp³-hybridized carbons (Fsp3) is 0.714. The maximum atomic E-state index is 12.1. The summed E-state index contributed by atoms with van der Waals surface area (Å²) in [6.07, 6.45) is -13.0. The molecule has 2 fully saturated rings. The van der Waals surface area contributed by atoms with Gasteiger partial charge in [-0.3, -0.25) is 23.4 Å². The van der Waals surface area contributed by atoms with Crippen molar-refractivity contribution in [3.63, 3.8) is 0 Å². The number of phosphoric ester groups is 2. The molecule has 2 unspecified atom stereocenters. The first-order valence-corrected chi connectivity index (χ1v) is 12.4. The highest BCUT2D eigenvalue weighted by Gasteiger charge is 2.47. The van der Waals surface area contributed by atoms with Crippen molar-refractivity contribution in [1.29, 1.82) is 0 Å². The van der Waals surface area contributed by atoms with Crippen LogP contribution in [0.15, 0.2) is 21.9 Å². The largest absolute Gasteiger partial charge is 0.483 e. The minimum atomic E-state index is -5.47. The van der Waals surface area contributed by atoms with Gasteiger partial charge in [-0.2, -0.15) is 4.31 Å². The SMILES string of the molecule is O=c1ccn([C@@H]2O[C@H](COP(=O)(O)OP(=O)(O)O[C@H]3OC[C@@H](O)[C@@H](O)[C@@H]3O)[C@@H](O)[C@H]2O)c(=O)[nH]1. The monoisotopic (exact) mass is 536 g/mol. The molecule has 34 heavy (non-hydrogen) atoms. The summed E-state index contributed by atoms with van der Waals surface area (Å²) in [6, 6.07) is 0.939. The normalized spacial score (nSPS) is 37.7. The van der Waals surface area contributed by atoms with Crippen LogP contribution in [-0.2, 0) is 32.0 Å². The smallest absolute Gasteiger partial charge is 0.388 e. The summed E-state index contributed by atoms with van der Waals surface area (Å²) in [5.74, 6) is 0. The Morgan fingerprint density at radius 2 is 1.71 bits per heavy atom. The van der Waals surface area contributed by atoms with Gasteiger partial charge in [-0.05, 0) is 0 Å². The van der Waals surface area contributed by atoms with Crippen molar-refractivity contribution in [2.45, 2.75) is 49.1 Å². The maximum Gasteiger partial charge on any atom is 0.483 e. The fourth-order valence-corrected chi connectivity index (χ4v) is 5.24. The molecule has 18 nitrogen and oxygen atoms in total. The van der Waals surface area contributed by atoms with E-state index in [0.717, 1.165) is 16.8 Å². The summed E-state index contributed by atoms with van der Waals surface area (Å²) < 4.78 is 47.7. The predicted molar refractivity (Wildman–Crippen MR) is 103 cm³/mol. The summed E-state index contributed by atoms with van der Waals surface area (Å²) in [7, 11) is -10.9. The van der Waals surface area contributed by atoms with Gasteiger partial charge in [0.2, 0.25) is 0 Å². The minimum Gasteiger partial charge on any atom is -0.388 e. The molecule has 2 aliphatic rings. The second kappa shape index (κ2) is 10.3. The number of ether oxygens (including phenoxy) is 2. The average molecular weight is 536 g/mol. The third-order valence-corrected chi connectivity index (χ3v) is 7.36. The third kappa shape index (κ3) is 6.26. The molecule has 8 N–H and O–H groups in total. The van der Waals surface area contributed by atoms with E-state index in [-0.39, 0.29) is 0 Å². The zero-order valence-corrected chi connectivity index (χ0v) is 18.6. The summed E-state index contributed by atoms with van der Waals surface area (Å²) in [6.45, 7) is -1.59. The Bertz CT molecular complexity index is 1080. The number of phosphoric acid groups is 2. The molecule has 3 rings (SSSR count). The number of aromatic nitrogens is 2. The van der Waals surface area contributed by atoms with Crippen LogP contribution in [0.5, 0.6) is 0 Å². The molecule has 10 atom stereocenters. The molecule has 0 aromatic carbocycles. The Hall–Kier alpha value is -1.34. The molecule has 1 aromatic rings. The molecule has 1 aromatic heterocycles. The van der Waals surface area contributed by atoms with Gasteiger partial charge in [-0.1, -0.05) is 0 Å². The van der Waals surface area contributed by atoms with Crippen LogP contribution in [0.2, 0.25) is 0 Å². The zero-order valence-electron chi connectivity index (χ0n) is 16.8. The van der Waals surface area contributed by atoms with Gasteiger partial charge in [-0.15, -0.1) is 0 Å². The highest BCUT2D eigenvalue weighted by Crippen LogP contribution is 2.61. The highest BCUT2D eigenvalue weighted by molar-refractivity contribution is 7.61. The van der Waals surface area contributed by atoms with Crippen LogP contribution < -0.4 is 11.2 Å². The lowest BCUT2D eigenvalue weighted by Gasteiger charge is -2.35. The lowest BCUT2D eigenvalue weighted by Crippen LogP contribution is -2.53. The van der Waals surface area contributed by atoms with Crippen molar-refractivity contribution in [2.75, 3.05) is 13.2 Å². The fourth-order valence-electron chi connectivity index (χ4n) is 3.07. The standard InChI is InChI=1S/C14H22N2O16P2/c17-5-3-28-13(11(22)8(5)19)31-34(26,27)32-33(24,25)29-4-6-9(20)10(21)12(30-6)16-2-1-7(18)15-14(16)23/h1-2,5-6,8-13,17,19-22H,3-4H2,(H,24,25)(H,26,27)(H,15,18,23)/t5-,6-,8-,9-,10-,11+,12-,13-/m1/s1. The van der Waals surface area contributed by atoms with E-state index in [9.17, 15) is 54.0 Å². The van der Waals surface area contributed by atoms with Gasteiger partial charge in [-0.25, -0.2) is 13.9 Å². The first kappa shape index (κ1) is 27.3. The number of hydrogen-bond donors (Lipinski definition) is 8. The van der Waals surface area contributed by atoms with Gasteiger partial charge in [0.15, 0.2) is 12.5 Å². The highest BCUT2D eigenvalue weighted by atomic mass is 31.3. The van der Waals surface area contributed by atoms with E-state index in [2.05, 4.69) is 13.4 Å². The van der Waals surface area contributed by atoms with E-state index < -0.39 is 89.2 Å². The quantitative estimate of drug-likeness (QED) is 0.146. The Morgan fingerprint density at radius 3 is 2.35 bits per heavy atom. The van der Waals surface area contributed by atoms with Crippen molar-refractivity contribution in [3.05, 3.63) is 33.1 Å². The van der Waals surface area contributed by atoms with Crippen molar-refractivity contribution in [2.24, 2.45) is 0 Å². The predicted octanol–water partition coefficient (Wildman–Crippen LogP) is -4.15. The van der Waals surface area contributed by atoms with E-state index in [0.29, 0.717) is 0 Å². The Kier molecular flexibility index (Phi) is 8.28. The molecular formula is C14H22N2O16P2. The summed E-state index contributed by atoms with van der Waals surface area (Å²) in [5.41, 5.74) is -1.72. The number of hydrogen-bond acceptors (Lipinski definition) is 14. The topological polar surface area (TPSA) is 277 Å². The molecule has 194 valence electrons. The van der Waals surface area contributed by atoms with Crippen molar-refractivity contribution in [3.8, 4) is 0 Å². The molecule has 0 radical (unpaired) electrons. The van der Waals surface area contributed by atoms with Crippen LogP contribution in [0.25, 0.3) is 0 Å². The molecule has 0 amide bonds. The zero-order chi connectivity index (χ0) is 25.4. The van der Waals surface area contributed by atoms with Gasteiger partial charge in [0.1, 0.15) is 36.6 Å². The molecule has 2 saturated heterocycles. The molecule has 0 bridgehead atoms. The number of nitrogens with zero attached hydrogens (tertiary/aromatic N) is 1. The van der Waals surface area contributed by atoms with E-state index >= 15 is 0 Å². The van der Waals surface area contributed by atoms with Crippen LogP contribution in [0, 0.1) is 0 Å². The van der Waals surface area contributed by atoms with Crippen LogP contribution in [0.3, 0.4) is 0 Å². The number of aliphatic hydroxyl groups is 5. The van der Waals surface area contributed by atoms with Gasteiger partial charge in [0.05, 0.1) is 13.2 Å². The molecule has 0 aliphatic carbocycles. The summed E-state index contributed by atoms with van der Waals surface area (Å²) >= 11 is 0. The Labute approximate surface area is 188 Å². The van der Waals surface area contributed by atoms with E-state index in [1.165, 1.54) is 0 Å². The number of aliphatic hydroxyl groups excluding tert-OH is 5. The first-order valence-electron chi connectivity index (χ1n) is 9.39. The molecule has 0 saturated carbocycles. The Morgan fingerprint density at radius 1 is 1.03 bits per heavy atom. The van der Waals surface area contributed by atoms with Crippen LogP contribution >= 0.6 is 15.6 Å². The van der Waals surface area contributed by atoms with Crippen molar-refractivity contribution in [1.82, 2.24) is 9.55 Å². The lowest BCUT2D eigenvalue weighted by molar-refractivity contribution is -0.245. The molecule has 3 heterocycles. The maximum absolute atomic E-state index is 12.1. The van der Waals surface area contributed by atoms with Gasteiger partial charge in [0.25, 0.3) is 5.56 Å². The van der Waals surface area contributed by atoms with Crippen LogP contribution in [0.1, 0.15) is 6.23 Å². The third-order valence-electron chi connectivity index (χ3n) is 4.76. The van der Waals surface area contributed by atoms with E-state index in [4.69, 9.17) is 9.47 Å². The molecule has 20 heteroatoms. The van der Waals surface area contributed by atoms with Crippen LogP contribution in [0.4, 0.5) is 0 Å². The van der Waals surface area contributed by atoms with Crippen molar-refractivity contribution >= 4 is 15.6 Å². The second-order valence-corrected chi connectivity index (χ2v) is 10.2. The van der Waals surface area contributed by atoms with Crippen molar-refractivity contribution < 1.29 is 67.3 Å². The Balaban J connectivity index is 1.59.